The molecule has 0 aromatic carbocycles. The Morgan fingerprint density at radius 1 is 0.435 bits per heavy atom. The number of nitrogens with one attached hydrogen (secondary N) is 1. The fraction of sp³-hybridized carbons (Fsp3) is 0.817. The lowest BCUT2D eigenvalue weighted by molar-refractivity contribution is -0.359. The van der Waals surface area contributed by atoms with Gasteiger partial charge in [0.1, 0.15) is 48.8 Å². The molecule has 14 heteroatoms. The van der Waals surface area contributed by atoms with Crippen molar-refractivity contribution in [3.63, 3.8) is 0 Å². The van der Waals surface area contributed by atoms with Crippen molar-refractivity contribution in [2.45, 2.75) is 351 Å². The van der Waals surface area contributed by atoms with Crippen LogP contribution in [0, 0.1) is 0 Å². The summed E-state index contributed by atoms with van der Waals surface area (Å²) >= 11 is 0. The van der Waals surface area contributed by atoms with Crippen LogP contribution in [-0.2, 0) is 23.7 Å². The maximum atomic E-state index is 13.3. The second kappa shape index (κ2) is 55.5. The topological polar surface area (TPSA) is 228 Å². The molecule has 12 atom stereocenters. The van der Waals surface area contributed by atoms with Crippen LogP contribution in [0.3, 0.4) is 0 Å². The van der Waals surface area contributed by atoms with E-state index < -0.39 is 86.8 Å². The number of carbonyl (C=O) groups excluding carboxylic acids is 1. The van der Waals surface area contributed by atoms with Crippen molar-refractivity contribution < 1.29 is 64.6 Å². The maximum absolute atomic E-state index is 13.3. The van der Waals surface area contributed by atoms with Crippen LogP contribution in [0.1, 0.15) is 277 Å². The van der Waals surface area contributed by atoms with E-state index in [1.54, 1.807) is 6.08 Å². The summed E-state index contributed by atoms with van der Waals surface area (Å²) in [5, 5.41) is 87.4. The summed E-state index contributed by atoms with van der Waals surface area (Å²) in [7, 11) is 0. The minimum absolute atomic E-state index is 0.242. The van der Waals surface area contributed by atoms with E-state index in [1.807, 2.05) is 6.08 Å². The molecule has 2 rings (SSSR count). The number of hydrogen-bond donors (Lipinski definition) is 9. The van der Waals surface area contributed by atoms with Gasteiger partial charge in [-0.25, -0.2) is 0 Å². The lowest BCUT2D eigenvalue weighted by Crippen LogP contribution is -2.65. The third-order valence-electron chi connectivity index (χ3n) is 16.6. The van der Waals surface area contributed by atoms with E-state index >= 15 is 0 Å². The lowest BCUT2D eigenvalue weighted by Gasteiger charge is -2.46. The average molecular weight is 1200 g/mol. The van der Waals surface area contributed by atoms with Crippen LogP contribution in [0.2, 0.25) is 0 Å². The zero-order chi connectivity index (χ0) is 61.6. The summed E-state index contributed by atoms with van der Waals surface area (Å²) in [5.74, 6) is -0.242. The van der Waals surface area contributed by atoms with E-state index in [0.29, 0.717) is 6.42 Å². The number of carbonyl (C=O) groups is 1. The van der Waals surface area contributed by atoms with Gasteiger partial charge in [0.2, 0.25) is 5.91 Å². The maximum Gasteiger partial charge on any atom is 0.220 e. The summed E-state index contributed by atoms with van der Waals surface area (Å²) in [6, 6.07) is -0.921. The molecule has 12 unspecified atom stereocenters. The molecule has 2 fully saturated rings. The largest absolute Gasteiger partial charge is 0.394 e. The monoisotopic (exact) mass is 1200 g/mol. The molecular weight excluding hydrogens is 1070 g/mol. The molecule has 0 radical (unpaired) electrons. The molecule has 0 spiro atoms. The fourth-order valence-corrected chi connectivity index (χ4v) is 11.1. The Hall–Kier alpha value is -2.57. The normalized spacial score (nSPS) is 24.0. The van der Waals surface area contributed by atoms with Crippen molar-refractivity contribution in [1.29, 1.82) is 0 Å². The number of rotatable bonds is 56. The number of unbranched alkanes of at least 4 members (excludes halogenated alkanes) is 33. The van der Waals surface area contributed by atoms with Crippen molar-refractivity contribution in [2.24, 2.45) is 0 Å². The van der Waals surface area contributed by atoms with E-state index in [-0.39, 0.29) is 18.9 Å². The number of ether oxygens (including phenoxy) is 4. The molecule has 14 nitrogen and oxygen atoms in total. The molecule has 0 bridgehead atoms. The predicted octanol–water partition coefficient (Wildman–Crippen LogP) is 13.8. The molecule has 85 heavy (non-hydrogen) atoms. The standard InChI is InChI=1S/C71H127NO13/c1-3-5-7-9-11-13-15-17-19-21-23-25-27-29-30-31-33-35-37-39-41-43-45-47-49-51-53-55-63(76)72-59(58-82-70-68(81)66(79)69(62(57-74)84-70)85-71-67(80)65(78)64(77)61(56-73)83-71)60(75)54-52-50-48-46-44-42-40-38-36-34-32-28-26-24-22-20-18-16-14-12-10-8-6-4-2/h5,7,11,13,17,19,23,25,29-30,52,54,59-62,64-71,73-75,77-81H,3-4,6,8-10,12,14-16,18,20-22,24,26-28,31-51,53,55-58H2,1-2H3,(H,72,76)/b7-5-,13-11-,19-17-,25-23-,30-29-,54-52+. The number of hydrogen-bond acceptors (Lipinski definition) is 13. The highest BCUT2D eigenvalue weighted by Gasteiger charge is 2.51. The highest BCUT2D eigenvalue weighted by molar-refractivity contribution is 5.76. The van der Waals surface area contributed by atoms with Crippen LogP contribution in [0.25, 0.3) is 0 Å². The number of allylic oxidation sites excluding steroid dienone is 11. The molecule has 2 aliphatic heterocycles. The predicted molar refractivity (Wildman–Crippen MR) is 346 cm³/mol. The SMILES string of the molecule is CC/C=C\C/C=C\C/C=C\C/C=C\C/C=C\CCCCCCCCCCCCCC(=O)NC(COC1OC(CO)C(OC2OC(CO)C(O)C(O)C2O)C(O)C1O)C(O)/C=C/CCCCCCCCCCCCCCCCCCCCCCCC. The minimum Gasteiger partial charge on any atom is -0.394 e. The van der Waals surface area contributed by atoms with Gasteiger partial charge in [0, 0.05) is 6.42 Å². The van der Waals surface area contributed by atoms with Gasteiger partial charge in [0.25, 0.3) is 0 Å². The van der Waals surface area contributed by atoms with Crippen LogP contribution in [-0.4, -0.2) is 140 Å². The van der Waals surface area contributed by atoms with Crippen molar-refractivity contribution in [1.82, 2.24) is 5.32 Å². The zero-order valence-electron chi connectivity index (χ0n) is 53.6. The quantitative estimate of drug-likeness (QED) is 0.0204. The third-order valence-corrected chi connectivity index (χ3v) is 16.6. The molecule has 2 heterocycles. The molecule has 9 N–H and O–H groups in total. The highest BCUT2D eigenvalue weighted by atomic mass is 16.7. The first kappa shape index (κ1) is 78.5. The Balaban J connectivity index is 1.70. The Bertz CT molecular complexity index is 1700. The number of amides is 1. The summed E-state index contributed by atoms with van der Waals surface area (Å²) in [4.78, 5) is 13.3. The molecular formula is C71H127NO13. The average Bonchev–Trinajstić information content (AvgIpc) is 3.68. The Labute approximate surface area is 517 Å². The zero-order valence-corrected chi connectivity index (χ0v) is 53.6. The summed E-state index contributed by atoms with van der Waals surface area (Å²) in [6.45, 7) is 2.71. The second-order valence-electron chi connectivity index (χ2n) is 24.3. The van der Waals surface area contributed by atoms with Gasteiger partial charge in [0.05, 0.1) is 32.0 Å². The Morgan fingerprint density at radius 3 is 1.25 bits per heavy atom. The second-order valence-corrected chi connectivity index (χ2v) is 24.3. The molecule has 2 aliphatic rings. The van der Waals surface area contributed by atoms with Crippen LogP contribution >= 0.6 is 0 Å². The summed E-state index contributed by atoms with van der Waals surface area (Å²) in [6.07, 6.45) is 58.0. The van der Waals surface area contributed by atoms with Gasteiger partial charge in [-0.1, -0.05) is 279 Å². The van der Waals surface area contributed by atoms with Gasteiger partial charge in [-0.15, -0.1) is 0 Å². The van der Waals surface area contributed by atoms with Crippen molar-refractivity contribution in [3.8, 4) is 0 Å². The molecule has 1 amide bonds. The van der Waals surface area contributed by atoms with Crippen LogP contribution in [0.4, 0.5) is 0 Å². The Morgan fingerprint density at radius 2 is 0.812 bits per heavy atom. The molecule has 0 aliphatic carbocycles. The summed E-state index contributed by atoms with van der Waals surface area (Å²) in [5.41, 5.74) is 0. The smallest absolute Gasteiger partial charge is 0.220 e. The van der Waals surface area contributed by atoms with Crippen molar-refractivity contribution >= 4 is 5.91 Å². The Kier molecular flexibility index (Phi) is 51.3. The molecule has 0 saturated carbocycles. The van der Waals surface area contributed by atoms with E-state index in [9.17, 15) is 45.6 Å². The van der Waals surface area contributed by atoms with E-state index in [4.69, 9.17) is 18.9 Å². The van der Waals surface area contributed by atoms with Gasteiger partial charge in [0.15, 0.2) is 12.6 Å². The summed E-state index contributed by atoms with van der Waals surface area (Å²) < 4.78 is 22.9. The molecule has 2 saturated heterocycles. The van der Waals surface area contributed by atoms with E-state index in [2.05, 4.69) is 79.9 Å². The minimum atomic E-state index is -1.79. The first-order chi connectivity index (χ1) is 41.6. The first-order valence-corrected chi connectivity index (χ1v) is 34.7. The van der Waals surface area contributed by atoms with E-state index in [0.717, 1.165) is 77.0 Å². The van der Waals surface area contributed by atoms with Crippen LogP contribution in [0.15, 0.2) is 72.9 Å². The van der Waals surface area contributed by atoms with E-state index in [1.165, 1.54) is 173 Å². The van der Waals surface area contributed by atoms with Crippen molar-refractivity contribution in [3.05, 3.63) is 72.9 Å². The fourth-order valence-electron chi connectivity index (χ4n) is 11.1. The van der Waals surface area contributed by atoms with Gasteiger partial charge in [-0.2, -0.15) is 0 Å². The lowest BCUT2D eigenvalue weighted by atomic mass is 9.97. The van der Waals surface area contributed by atoms with Gasteiger partial charge in [-0.05, 0) is 64.2 Å². The van der Waals surface area contributed by atoms with Crippen LogP contribution in [0.5, 0.6) is 0 Å². The molecule has 494 valence electrons. The van der Waals surface area contributed by atoms with Gasteiger partial charge in [-0.3, -0.25) is 4.79 Å². The molecule has 0 aromatic heterocycles. The highest BCUT2D eigenvalue weighted by Crippen LogP contribution is 2.30. The molecule has 0 aromatic rings. The van der Waals surface area contributed by atoms with Crippen LogP contribution < -0.4 is 5.32 Å². The van der Waals surface area contributed by atoms with Gasteiger partial charge >= 0.3 is 0 Å². The number of aliphatic hydroxyl groups is 8. The first-order valence-electron chi connectivity index (χ1n) is 34.7. The number of aliphatic hydroxyl groups excluding tert-OH is 8. The third kappa shape index (κ3) is 39.9. The van der Waals surface area contributed by atoms with Gasteiger partial charge < -0.3 is 65.1 Å². The van der Waals surface area contributed by atoms with Crippen molar-refractivity contribution in [2.75, 3.05) is 19.8 Å².